The van der Waals surface area contributed by atoms with Crippen molar-refractivity contribution in [3.8, 4) is 23.3 Å². The average Bonchev–Trinajstić information content (AvgIpc) is 2.54. The fraction of sp³-hybridized carbons (Fsp3) is 0.167. The molecule has 116 valence electrons. The summed E-state index contributed by atoms with van der Waals surface area (Å²) in [7, 11) is 0. The van der Waals surface area contributed by atoms with Gasteiger partial charge in [0, 0.05) is 11.6 Å². The van der Waals surface area contributed by atoms with Crippen LogP contribution in [0.5, 0.6) is 17.2 Å². The summed E-state index contributed by atoms with van der Waals surface area (Å²) in [5.41, 5.74) is 7.94. The van der Waals surface area contributed by atoms with E-state index in [1.165, 1.54) is 6.07 Å². The van der Waals surface area contributed by atoms with Crippen LogP contribution in [-0.4, -0.2) is 11.7 Å². The summed E-state index contributed by atoms with van der Waals surface area (Å²) in [6.45, 7) is 2.52. The zero-order valence-electron chi connectivity index (χ0n) is 12.6. The third-order valence-electron chi connectivity index (χ3n) is 3.73. The summed E-state index contributed by atoms with van der Waals surface area (Å²) in [5, 5.41) is 19.1. The van der Waals surface area contributed by atoms with E-state index < -0.39 is 0 Å². The molecule has 2 aromatic carbocycles. The number of nitrogens with zero attached hydrogens (tertiary/aromatic N) is 1. The molecule has 0 bridgehead atoms. The van der Waals surface area contributed by atoms with Gasteiger partial charge < -0.3 is 20.3 Å². The average molecular weight is 308 g/mol. The van der Waals surface area contributed by atoms with Crippen molar-refractivity contribution in [2.45, 2.75) is 12.8 Å². The second-order valence-corrected chi connectivity index (χ2v) is 5.15. The number of rotatable bonds is 3. The van der Waals surface area contributed by atoms with E-state index in [4.69, 9.17) is 15.2 Å². The predicted octanol–water partition coefficient (Wildman–Crippen LogP) is 3.01. The van der Waals surface area contributed by atoms with Crippen LogP contribution in [0.2, 0.25) is 0 Å². The van der Waals surface area contributed by atoms with Gasteiger partial charge in [-0.2, -0.15) is 5.26 Å². The van der Waals surface area contributed by atoms with E-state index in [-0.39, 0.29) is 17.6 Å². The van der Waals surface area contributed by atoms with Crippen molar-refractivity contribution < 1.29 is 14.6 Å². The van der Waals surface area contributed by atoms with Crippen LogP contribution >= 0.6 is 0 Å². The van der Waals surface area contributed by atoms with Crippen LogP contribution < -0.4 is 15.2 Å². The first-order valence-corrected chi connectivity index (χ1v) is 7.27. The molecule has 5 heteroatoms. The minimum Gasteiger partial charge on any atom is -0.508 e. The van der Waals surface area contributed by atoms with Gasteiger partial charge in [0.15, 0.2) is 0 Å². The van der Waals surface area contributed by atoms with E-state index in [1.807, 2.05) is 31.2 Å². The van der Waals surface area contributed by atoms with Crippen LogP contribution in [-0.2, 0) is 0 Å². The third-order valence-corrected chi connectivity index (χ3v) is 3.73. The van der Waals surface area contributed by atoms with Crippen molar-refractivity contribution in [3.05, 3.63) is 65.0 Å². The Hall–Kier alpha value is -3.13. The predicted molar refractivity (Wildman–Crippen MR) is 85.0 cm³/mol. The molecule has 3 rings (SSSR count). The highest BCUT2D eigenvalue weighted by Gasteiger charge is 2.30. The van der Waals surface area contributed by atoms with Gasteiger partial charge >= 0.3 is 0 Å². The first kappa shape index (κ1) is 14.8. The first-order valence-electron chi connectivity index (χ1n) is 7.27. The van der Waals surface area contributed by atoms with Crippen LogP contribution in [0.4, 0.5) is 0 Å². The van der Waals surface area contributed by atoms with Gasteiger partial charge in [0.1, 0.15) is 28.9 Å². The van der Waals surface area contributed by atoms with Gasteiger partial charge in [-0.1, -0.05) is 18.2 Å². The van der Waals surface area contributed by atoms with Crippen LogP contribution in [0.15, 0.2) is 53.9 Å². The van der Waals surface area contributed by atoms with Crippen LogP contribution in [0, 0.1) is 11.3 Å². The topological polar surface area (TPSA) is 88.5 Å². The van der Waals surface area contributed by atoms with E-state index in [0.29, 0.717) is 17.9 Å². The Morgan fingerprint density at radius 2 is 2.00 bits per heavy atom. The summed E-state index contributed by atoms with van der Waals surface area (Å²) in [4.78, 5) is 0. The van der Waals surface area contributed by atoms with Crippen molar-refractivity contribution in [1.29, 1.82) is 5.26 Å². The van der Waals surface area contributed by atoms with Gasteiger partial charge in [-0.15, -0.1) is 0 Å². The first-order chi connectivity index (χ1) is 11.1. The molecular formula is C18H16N2O3. The second-order valence-electron chi connectivity index (χ2n) is 5.15. The fourth-order valence-corrected chi connectivity index (χ4v) is 2.71. The minimum atomic E-state index is -0.333. The highest BCUT2D eigenvalue weighted by molar-refractivity contribution is 5.57. The number of nitriles is 1. The Kier molecular flexibility index (Phi) is 3.82. The molecule has 2 aromatic rings. The molecule has 1 aliphatic heterocycles. The Balaban J connectivity index is 2.10. The normalized spacial score (nSPS) is 16.3. The molecule has 0 aromatic heterocycles. The summed E-state index contributed by atoms with van der Waals surface area (Å²) in [6.07, 6.45) is 0. The van der Waals surface area contributed by atoms with Gasteiger partial charge in [-0.3, -0.25) is 0 Å². The maximum atomic E-state index is 9.63. The number of phenolic OH excluding ortho intramolecular Hbond substituents is 1. The SMILES string of the molecule is CCOc1ccc(C2C(C#N)=C(N)Oc3cc(O)ccc32)cc1. The molecule has 3 N–H and O–H groups in total. The number of phenols is 1. The van der Waals surface area contributed by atoms with Crippen LogP contribution in [0.25, 0.3) is 0 Å². The van der Waals surface area contributed by atoms with E-state index in [0.717, 1.165) is 16.9 Å². The van der Waals surface area contributed by atoms with Crippen molar-refractivity contribution in [2.75, 3.05) is 6.61 Å². The van der Waals surface area contributed by atoms with Crippen LogP contribution in [0.1, 0.15) is 24.0 Å². The highest BCUT2D eigenvalue weighted by atomic mass is 16.5. The van der Waals surface area contributed by atoms with Crippen molar-refractivity contribution >= 4 is 0 Å². The number of benzene rings is 2. The monoisotopic (exact) mass is 308 g/mol. The van der Waals surface area contributed by atoms with Crippen molar-refractivity contribution in [2.24, 2.45) is 5.73 Å². The molecule has 0 spiro atoms. The number of hydrogen-bond acceptors (Lipinski definition) is 5. The summed E-state index contributed by atoms with van der Waals surface area (Å²) in [5.74, 6) is 1.04. The molecule has 0 amide bonds. The van der Waals surface area contributed by atoms with E-state index in [9.17, 15) is 10.4 Å². The van der Waals surface area contributed by atoms with Gasteiger partial charge in [0.2, 0.25) is 5.88 Å². The van der Waals surface area contributed by atoms with E-state index in [1.54, 1.807) is 12.1 Å². The number of nitrogens with two attached hydrogens (primary N) is 1. The Morgan fingerprint density at radius 3 is 2.65 bits per heavy atom. The third kappa shape index (κ3) is 2.67. The summed E-state index contributed by atoms with van der Waals surface area (Å²) < 4.78 is 10.9. The second kappa shape index (κ2) is 5.93. The minimum absolute atomic E-state index is 0.0597. The molecule has 1 atom stereocenters. The standard InChI is InChI=1S/C18H16N2O3/c1-2-22-13-6-3-11(4-7-13)17-14-8-5-12(21)9-16(14)23-18(20)15(17)10-19/h3-9,17,21H,2,20H2,1H3. The molecule has 1 heterocycles. The molecule has 0 saturated carbocycles. The fourth-order valence-electron chi connectivity index (χ4n) is 2.71. The lowest BCUT2D eigenvalue weighted by molar-refractivity contribution is 0.340. The van der Waals surface area contributed by atoms with Gasteiger partial charge in [-0.25, -0.2) is 0 Å². The summed E-state index contributed by atoms with van der Waals surface area (Å²) >= 11 is 0. The lowest BCUT2D eigenvalue weighted by Gasteiger charge is -2.26. The number of ether oxygens (including phenoxy) is 2. The molecule has 0 radical (unpaired) electrons. The van der Waals surface area contributed by atoms with Crippen molar-refractivity contribution in [3.63, 3.8) is 0 Å². The molecule has 23 heavy (non-hydrogen) atoms. The summed E-state index contributed by atoms with van der Waals surface area (Å²) in [6, 6.07) is 14.5. The Labute approximate surface area is 134 Å². The van der Waals surface area contributed by atoms with Gasteiger partial charge in [0.25, 0.3) is 0 Å². The number of hydrogen-bond donors (Lipinski definition) is 2. The molecule has 0 saturated heterocycles. The molecule has 1 aliphatic rings. The molecule has 1 unspecified atom stereocenters. The number of fused-ring (bicyclic) bond motifs is 1. The maximum Gasteiger partial charge on any atom is 0.205 e. The van der Waals surface area contributed by atoms with Crippen LogP contribution in [0.3, 0.4) is 0 Å². The Bertz CT molecular complexity index is 804. The zero-order chi connectivity index (χ0) is 16.4. The van der Waals surface area contributed by atoms with E-state index >= 15 is 0 Å². The number of allylic oxidation sites excluding steroid dienone is 1. The largest absolute Gasteiger partial charge is 0.508 e. The lowest BCUT2D eigenvalue weighted by atomic mass is 9.83. The molecule has 5 nitrogen and oxygen atoms in total. The smallest absolute Gasteiger partial charge is 0.205 e. The number of aromatic hydroxyl groups is 1. The van der Waals surface area contributed by atoms with E-state index in [2.05, 4.69) is 6.07 Å². The van der Waals surface area contributed by atoms with Crippen molar-refractivity contribution in [1.82, 2.24) is 0 Å². The Morgan fingerprint density at radius 1 is 1.26 bits per heavy atom. The van der Waals surface area contributed by atoms with Gasteiger partial charge in [-0.05, 0) is 30.7 Å². The lowest BCUT2D eigenvalue weighted by Crippen LogP contribution is -2.20. The zero-order valence-corrected chi connectivity index (χ0v) is 12.6. The maximum absolute atomic E-state index is 9.63. The molecular weight excluding hydrogens is 292 g/mol. The van der Waals surface area contributed by atoms with Gasteiger partial charge in [0.05, 0.1) is 12.5 Å². The highest BCUT2D eigenvalue weighted by Crippen LogP contribution is 2.43. The quantitative estimate of drug-likeness (QED) is 0.910. The molecule has 0 aliphatic carbocycles. The molecule has 0 fully saturated rings.